The molecule has 4 N–H and O–H groups in total. The summed E-state index contributed by atoms with van der Waals surface area (Å²) in [5.41, 5.74) is 4.36. The third-order valence-electron chi connectivity index (χ3n) is 2.74. The van der Waals surface area contributed by atoms with E-state index in [4.69, 9.17) is 29.0 Å². The number of anilines is 2. The fraction of sp³-hybridized carbons (Fsp3) is 0.0769. The Balaban J connectivity index is 2.35. The summed E-state index contributed by atoms with van der Waals surface area (Å²) in [6.07, 6.45) is 2.95. The molecule has 20 heavy (non-hydrogen) atoms. The summed E-state index contributed by atoms with van der Waals surface area (Å²) in [6, 6.07) is 4.99. The summed E-state index contributed by atoms with van der Waals surface area (Å²) in [6.45, 7) is 1.83. The fourth-order valence-corrected chi connectivity index (χ4v) is 2.12. The van der Waals surface area contributed by atoms with Crippen molar-refractivity contribution in [3.8, 4) is 0 Å². The van der Waals surface area contributed by atoms with Gasteiger partial charge in [0.05, 0.1) is 33.2 Å². The zero-order chi connectivity index (χ0) is 14.7. The van der Waals surface area contributed by atoms with Crippen LogP contribution in [0.2, 0.25) is 10.0 Å². The molecular formula is C13H12Cl2N4O. The fourth-order valence-electron chi connectivity index (χ4n) is 1.66. The zero-order valence-corrected chi connectivity index (χ0v) is 12.1. The van der Waals surface area contributed by atoms with Gasteiger partial charge in [0.15, 0.2) is 0 Å². The van der Waals surface area contributed by atoms with Crippen molar-refractivity contribution >= 4 is 40.5 Å². The highest BCUT2D eigenvalue weighted by atomic mass is 35.5. The van der Waals surface area contributed by atoms with Gasteiger partial charge < -0.3 is 10.7 Å². The lowest BCUT2D eigenvalue weighted by atomic mass is 10.2. The summed E-state index contributed by atoms with van der Waals surface area (Å²) in [5, 5.41) is 3.45. The van der Waals surface area contributed by atoms with Crippen LogP contribution in [-0.4, -0.2) is 10.9 Å². The number of hydrogen-bond donors (Lipinski definition) is 3. The predicted octanol–water partition coefficient (Wildman–Crippen LogP) is 3.23. The molecule has 0 aliphatic carbocycles. The Hall–Kier alpha value is -1.82. The van der Waals surface area contributed by atoms with Gasteiger partial charge in [-0.2, -0.15) is 0 Å². The number of pyridine rings is 1. The monoisotopic (exact) mass is 310 g/mol. The molecule has 0 unspecified atom stereocenters. The molecule has 0 fully saturated rings. The molecule has 0 spiro atoms. The number of nitrogens with one attached hydrogen (secondary N) is 2. The average molecular weight is 311 g/mol. The number of aromatic nitrogens is 1. The van der Waals surface area contributed by atoms with Crippen molar-refractivity contribution in [1.29, 1.82) is 0 Å². The van der Waals surface area contributed by atoms with E-state index in [0.29, 0.717) is 27.0 Å². The Labute approximate surface area is 126 Å². The molecule has 1 aromatic carbocycles. The van der Waals surface area contributed by atoms with Crippen LogP contribution in [0.25, 0.3) is 0 Å². The Morgan fingerprint density at radius 1 is 1.30 bits per heavy atom. The summed E-state index contributed by atoms with van der Waals surface area (Å²) >= 11 is 12.2. The highest BCUT2D eigenvalue weighted by molar-refractivity contribution is 6.40. The number of aryl methyl sites for hydroxylation is 1. The number of halogens is 2. The molecule has 0 bridgehead atoms. The highest BCUT2D eigenvalue weighted by Gasteiger charge is 2.15. The molecule has 0 aliphatic rings. The maximum atomic E-state index is 12.3. The summed E-state index contributed by atoms with van der Waals surface area (Å²) in [5.74, 6) is 4.96. The quantitative estimate of drug-likeness (QED) is 0.600. The van der Waals surface area contributed by atoms with Crippen molar-refractivity contribution in [2.24, 2.45) is 5.84 Å². The van der Waals surface area contributed by atoms with Gasteiger partial charge in [-0.3, -0.25) is 15.6 Å². The van der Waals surface area contributed by atoms with Crippen LogP contribution in [0.1, 0.15) is 15.9 Å². The van der Waals surface area contributed by atoms with Crippen molar-refractivity contribution in [2.75, 3.05) is 10.7 Å². The first-order valence-electron chi connectivity index (χ1n) is 5.71. The van der Waals surface area contributed by atoms with Crippen LogP contribution in [0, 0.1) is 6.92 Å². The first-order chi connectivity index (χ1) is 9.54. The van der Waals surface area contributed by atoms with Crippen molar-refractivity contribution in [3.05, 3.63) is 51.8 Å². The van der Waals surface area contributed by atoms with E-state index in [2.05, 4.69) is 15.7 Å². The summed E-state index contributed by atoms with van der Waals surface area (Å²) in [4.78, 5) is 16.1. The normalized spacial score (nSPS) is 10.2. The molecule has 2 rings (SSSR count). The third-order valence-corrected chi connectivity index (χ3v) is 3.55. The van der Waals surface area contributed by atoms with Gasteiger partial charge in [0, 0.05) is 6.20 Å². The molecule has 0 saturated heterocycles. The van der Waals surface area contributed by atoms with E-state index in [1.54, 1.807) is 18.2 Å². The van der Waals surface area contributed by atoms with Gasteiger partial charge in [0.1, 0.15) is 0 Å². The standard InChI is InChI=1S/C13H12Cl2N4O/c1-7-2-3-9(14)12(11(7)15)18-13(20)8-4-5-17-6-10(8)19-16/h2-6,19H,16H2,1H3,(H,18,20). The Kier molecular flexibility index (Phi) is 4.44. The SMILES string of the molecule is Cc1ccc(Cl)c(NC(=O)c2ccncc2NN)c1Cl. The van der Waals surface area contributed by atoms with Gasteiger partial charge in [-0.15, -0.1) is 0 Å². The van der Waals surface area contributed by atoms with Crippen molar-refractivity contribution < 1.29 is 4.79 Å². The lowest BCUT2D eigenvalue weighted by Crippen LogP contribution is -2.18. The molecule has 0 saturated carbocycles. The van der Waals surface area contributed by atoms with E-state index in [9.17, 15) is 4.79 Å². The van der Waals surface area contributed by atoms with Gasteiger partial charge in [-0.1, -0.05) is 29.3 Å². The number of hydrazine groups is 1. The zero-order valence-electron chi connectivity index (χ0n) is 10.6. The first-order valence-corrected chi connectivity index (χ1v) is 6.46. The van der Waals surface area contributed by atoms with Crippen LogP contribution >= 0.6 is 23.2 Å². The summed E-state index contributed by atoms with van der Waals surface area (Å²) < 4.78 is 0. The Morgan fingerprint density at radius 3 is 2.75 bits per heavy atom. The number of rotatable bonds is 3. The average Bonchev–Trinajstić information content (AvgIpc) is 2.47. The smallest absolute Gasteiger partial charge is 0.258 e. The molecule has 0 aliphatic heterocycles. The lowest BCUT2D eigenvalue weighted by molar-refractivity contribution is 0.102. The number of carbonyl (C=O) groups is 1. The molecule has 104 valence electrons. The number of nitrogens with two attached hydrogens (primary N) is 1. The molecule has 1 aromatic heterocycles. The molecule has 0 radical (unpaired) electrons. The van der Waals surface area contributed by atoms with Gasteiger partial charge in [-0.25, -0.2) is 0 Å². The van der Waals surface area contributed by atoms with E-state index in [1.807, 2.05) is 6.92 Å². The number of benzene rings is 1. The molecule has 7 heteroatoms. The highest BCUT2D eigenvalue weighted by Crippen LogP contribution is 2.33. The van der Waals surface area contributed by atoms with Crippen molar-refractivity contribution in [2.45, 2.75) is 6.92 Å². The number of amides is 1. The van der Waals surface area contributed by atoms with E-state index in [1.165, 1.54) is 12.4 Å². The molecule has 5 nitrogen and oxygen atoms in total. The van der Waals surface area contributed by atoms with Crippen LogP contribution in [0.3, 0.4) is 0 Å². The second-order valence-electron chi connectivity index (χ2n) is 4.07. The van der Waals surface area contributed by atoms with Crippen molar-refractivity contribution in [1.82, 2.24) is 4.98 Å². The number of carbonyl (C=O) groups excluding carboxylic acids is 1. The van der Waals surface area contributed by atoms with Gasteiger partial charge in [-0.05, 0) is 24.6 Å². The topological polar surface area (TPSA) is 80.0 Å². The Bertz CT molecular complexity index is 661. The van der Waals surface area contributed by atoms with Gasteiger partial charge in [0.2, 0.25) is 0 Å². The van der Waals surface area contributed by atoms with Crippen LogP contribution in [0.5, 0.6) is 0 Å². The third kappa shape index (κ3) is 2.85. The second kappa shape index (κ2) is 6.09. The maximum absolute atomic E-state index is 12.3. The number of nitrogens with zero attached hydrogens (tertiary/aromatic N) is 1. The van der Waals surface area contributed by atoms with Crippen LogP contribution < -0.4 is 16.6 Å². The van der Waals surface area contributed by atoms with Crippen LogP contribution in [-0.2, 0) is 0 Å². The molecule has 1 heterocycles. The second-order valence-corrected chi connectivity index (χ2v) is 4.86. The predicted molar refractivity (Wildman–Crippen MR) is 81.2 cm³/mol. The largest absolute Gasteiger partial charge is 0.322 e. The molecular weight excluding hydrogens is 299 g/mol. The first kappa shape index (κ1) is 14.6. The molecule has 1 amide bonds. The van der Waals surface area contributed by atoms with Gasteiger partial charge in [0.25, 0.3) is 5.91 Å². The van der Waals surface area contributed by atoms with Crippen molar-refractivity contribution in [3.63, 3.8) is 0 Å². The van der Waals surface area contributed by atoms with Crippen LogP contribution in [0.15, 0.2) is 30.6 Å². The minimum Gasteiger partial charge on any atom is -0.322 e. The van der Waals surface area contributed by atoms with Crippen LogP contribution in [0.4, 0.5) is 11.4 Å². The molecule has 0 atom stereocenters. The van der Waals surface area contributed by atoms with E-state index >= 15 is 0 Å². The minimum absolute atomic E-state index is 0.344. The van der Waals surface area contributed by atoms with E-state index < -0.39 is 0 Å². The van der Waals surface area contributed by atoms with Gasteiger partial charge >= 0.3 is 0 Å². The van der Waals surface area contributed by atoms with E-state index in [0.717, 1.165) is 5.56 Å². The Morgan fingerprint density at radius 2 is 2.05 bits per heavy atom. The lowest BCUT2D eigenvalue weighted by Gasteiger charge is -2.12. The molecule has 2 aromatic rings. The minimum atomic E-state index is -0.380. The number of hydrogen-bond acceptors (Lipinski definition) is 4. The number of nitrogen functional groups attached to an aromatic ring is 1. The van der Waals surface area contributed by atoms with E-state index in [-0.39, 0.29) is 5.91 Å². The summed E-state index contributed by atoms with van der Waals surface area (Å²) in [7, 11) is 0. The maximum Gasteiger partial charge on any atom is 0.258 e.